The number of rotatable bonds is 5. The van der Waals surface area contributed by atoms with Crippen LogP contribution in [0, 0.1) is 5.92 Å². The van der Waals surface area contributed by atoms with Crippen LogP contribution in [0.2, 0.25) is 5.02 Å². The number of carbonyl (C=O) groups is 1. The lowest BCUT2D eigenvalue weighted by atomic mass is 9.89. The van der Waals surface area contributed by atoms with E-state index in [9.17, 15) is 4.79 Å². The highest BCUT2D eigenvalue weighted by atomic mass is 35.5. The lowest BCUT2D eigenvalue weighted by molar-refractivity contribution is 0.0827. The Hall–Kier alpha value is -2.43. The molecule has 4 nitrogen and oxygen atoms in total. The molecule has 1 aliphatic heterocycles. The number of aromatic nitrogens is 1. The van der Waals surface area contributed by atoms with Gasteiger partial charge in [-0.15, -0.1) is 0 Å². The SMILES string of the molecule is O=C(c1ccccc1)C1CCN(Cc2cc(-c3ccc(Cl)cc3)no2)CC1. The van der Waals surface area contributed by atoms with Gasteiger partial charge in [-0.05, 0) is 38.1 Å². The van der Waals surface area contributed by atoms with E-state index >= 15 is 0 Å². The molecule has 1 aliphatic rings. The molecule has 0 spiro atoms. The molecule has 3 aromatic rings. The van der Waals surface area contributed by atoms with E-state index in [2.05, 4.69) is 10.1 Å². The largest absolute Gasteiger partial charge is 0.359 e. The van der Waals surface area contributed by atoms with Crippen molar-refractivity contribution < 1.29 is 9.32 Å². The molecule has 1 saturated heterocycles. The number of Topliss-reactive ketones (excluding diaryl/α,β-unsaturated/α-hetero) is 1. The minimum atomic E-state index is 0.114. The van der Waals surface area contributed by atoms with Crippen LogP contribution >= 0.6 is 11.6 Å². The molecule has 0 N–H and O–H groups in total. The number of nitrogens with zero attached hydrogens (tertiary/aromatic N) is 2. The molecule has 138 valence electrons. The maximum Gasteiger partial charge on any atom is 0.166 e. The Kier molecular flexibility index (Phi) is 5.37. The summed E-state index contributed by atoms with van der Waals surface area (Å²) in [5, 5.41) is 4.87. The molecule has 0 bridgehead atoms. The molecule has 1 aromatic heterocycles. The summed E-state index contributed by atoms with van der Waals surface area (Å²) in [5.41, 5.74) is 2.62. The fourth-order valence-corrected chi connectivity index (χ4v) is 3.68. The van der Waals surface area contributed by atoms with Gasteiger partial charge in [0.1, 0.15) is 5.69 Å². The quantitative estimate of drug-likeness (QED) is 0.578. The van der Waals surface area contributed by atoms with Crippen molar-refractivity contribution in [2.24, 2.45) is 5.92 Å². The minimum absolute atomic E-state index is 0.114. The molecule has 1 fully saturated rings. The predicted molar refractivity (Wildman–Crippen MR) is 106 cm³/mol. The van der Waals surface area contributed by atoms with Gasteiger partial charge in [0.2, 0.25) is 0 Å². The second-order valence-corrected chi connectivity index (χ2v) is 7.40. The van der Waals surface area contributed by atoms with E-state index in [-0.39, 0.29) is 11.7 Å². The van der Waals surface area contributed by atoms with Gasteiger partial charge in [0.25, 0.3) is 0 Å². The lowest BCUT2D eigenvalue weighted by Gasteiger charge is -2.30. The standard InChI is InChI=1S/C22H21ClN2O2/c23-19-8-6-16(7-9-19)21-14-20(27-24-21)15-25-12-10-18(11-13-25)22(26)17-4-2-1-3-5-17/h1-9,14,18H,10-13,15H2. The third-order valence-corrected chi connectivity index (χ3v) is 5.35. The van der Waals surface area contributed by atoms with Crippen LogP contribution < -0.4 is 0 Å². The summed E-state index contributed by atoms with van der Waals surface area (Å²) in [6.45, 7) is 2.49. The van der Waals surface area contributed by atoms with Gasteiger partial charge >= 0.3 is 0 Å². The summed E-state index contributed by atoms with van der Waals surface area (Å²) in [6.07, 6.45) is 1.76. The van der Waals surface area contributed by atoms with E-state index in [0.717, 1.165) is 48.5 Å². The topological polar surface area (TPSA) is 46.3 Å². The van der Waals surface area contributed by atoms with Crippen molar-refractivity contribution >= 4 is 17.4 Å². The van der Waals surface area contributed by atoms with Crippen molar-refractivity contribution in [3.8, 4) is 11.3 Å². The van der Waals surface area contributed by atoms with Crippen LogP contribution in [-0.4, -0.2) is 28.9 Å². The van der Waals surface area contributed by atoms with Gasteiger partial charge in [0.05, 0.1) is 6.54 Å². The van der Waals surface area contributed by atoms with Crippen LogP contribution in [0.3, 0.4) is 0 Å². The van der Waals surface area contributed by atoms with Gasteiger partial charge in [-0.25, -0.2) is 0 Å². The molecule has 27 heavy (non-hydrogen) atoms. The number of piperidine rings is 1. The van der Waals surface area contributed by atoms with E-state index < -0.39 is 0 Å². The van der Waals surface area contributed by atoms with Crippen molar-refractivity contribution in [3.05, 3.63) is 77.0 Å². The third kappa shape index (κ3) is 4.29. The van der Waals surface area contributed by atoms with Crippen LogP contribution in [0.25, 0.3) is 11.3 Å². The molecule has 0 atom stereocenters. The summed E-state index contributed by atoms with van der Waals surface area (Å²) in [6, 6.07) is 19.1. The second-order valence-electron chi connectivity index (χ2n) is 6.97. The average Bonchev–Trinajstić information content (AvgIpc) is 3.18. The van der Waals surface area contributed by atoms with E-state index in [0.29, 0.717) is 11.6 Å². The van der Waals surface area contributed by atoms with Gasteiger partial charge < -0.3 is 4.52 Å². The molecule has 0 unspecified atom stereocenters. The third-order valence-electron chi connectivity index (χ3n) is 5.10. The Labute approximate surface area is 163 Å². The second kappa shape index (κ2) is 8.07. The zero-order chi connectivity index (χ0) is 18.6. The number of hydrogen-bond acceptors (Lipinski definition) is 4. The molecular weight excluding hydrogens is 360 g/mol. The van der Waals surface area contributed by atoms with Crippen molar-refractivity contribution in [1.29, 1.82) is 0 Å². The number of benzene rings is 2. The summed E-state index contributed by atoms with van der Waals surface area (Å²) >= 11 is 5.93. The zero-order valence-corrected chi connectivity index (χ0v) is 15.7. The zero-order valence-electron chi connectivity index (χ0n) is 15.0. The first-order chi connectivity index (χ1) is 13.2. The molecule has 0 amide bonds. The van der Waals surface area contributed by atoms with Crippen LogP contribution in [0.5, 0.6) is 0 Å². The highest BCUT2D eigenvalue weighted by Gasteiger charge is 2.26. The van der Waals surface area contributed by atoms with Crippen LogP contribution in [-0.2, 0) is 6.54 Å². The van der Waals surface area contributed by atoms with Gasteiger partial charge in [-0.1, -0.05) is 59.2 Å². The maximum atomic E-state index is 12.6. The Morgan fingerprint density at radius 1 is 1.07 bits per heavy atom. The molecule has 2 heterocycles. The Bertz CT molecular complexity index is 898. The van der Waals surface area contributed by atoms with Crippen LogP contribution in [0.4, 0.5) is 0 Å². The number of ketones is 1. The lowest BCUT2D eigenvalue weighted by Crippen LogP contribution is -2.35. The van der Waals surface area contributed by atoms with Crippen molar-refractivity contribution in [2.75, 3.05) is 13.1 Å². The van der Waals surface area contributed by atoms with Gasteiger partial charge in [-0.3, -0.25) is 9.69 Å². The van der Waals surface area contributed by atoms with Gasteiger partial charge in [-0.2, -0.15) is 0 Å². The normalized spacial score (nSPS) is 15.7. The van der Waals surface area contributed by atoms with Gasteiger partial charge in [0.15, 0.2) is 11.5 Å². The van der Waals surface area contributed by atoms with Crippen LogP contribution in [0.1, 0.15) is 29.0 Å². The summed E-state index contributed by atoms with van der Waals surface area (Å²) < 4.78 is 5.50. The van der Waals surface area contributed by atoms with Crippen molar-refractivity contribution in [3.63, 3.8) is 0 Å². The molecule has 4 rings (SSSR count). The van der Waals surface area contributed by atoms with E-state index in [4.69, 9.17) is 16.1 Å². The summed E-state index contributed by atoms with van der Waals surface area (Å²) in [7, 11) is 0. The fourth-order valence-electron chi connectivity index (χ4n) is 3.56. The molecule has 2 aromatic carbocycles. The molecular formula is C22H21ClN2O2. The number of carbonyl (C=O) groups excluding carboxylic acids is 1. The van der Waals surface area contributed by atoms with Crippen molar-refractivity contribution in [1.82, 2.24) is 10.1 Å². The van der Waals surface area contributed by atoms with Crippen LogP contribution in [0.15, 0.2) is 65.2 Å². The average molecular weight is 381 g/mol. The number of halogens is 1. The Balaban J connectivity index is 1.33. The van der Waals surface area contributed by atoms with E-state index in [1.807, 2.05) is 60.7 Å². The predicted octanol–water partition coefficient (Wildman–Crippen LogP) is 5.09. The first-order valence-electron chi connectivity index (χ1n) is 9.22. The molecule has 0 aliphatic carbocycles. The Morgan fingerprint density at radius 3 is 2.48 bits per heavy atom. The highest BCUT2D eigenvalue weighted by molar-refractivity contribution is 6.30. The highest BCUT2D eigenvalue weighted by Crippen LogP contribution is 2.25. The smallest absolute Gasteiger partial charge is 0.166 e. The first kappa shape index (κ1) is 18.0. The number of hydrogen-bond donors (Lipinski definition) is 0. The summed E-state index contributed by atoms with van der Waals surface area (Å²) in [4.78, 5) is 14.9. The monoisotopic (exact) mass is 380 g/mol. The summed E-state index contributed by atoms with van der Waals surface area (Å²) in [5.74, 6) is 1.22. The molecule has 5 heteroatoms. The number of likely N-dealkylation sites (tertiary alicyclic amines) is 1. The maximum absolute atomic E-state index is 12.6. The molecule has 0 saturated carbocycles. The first-order valence-corrected chi connectivity index (χ1v) is 9.60. The van der Waals surface area contributed by atoms with Crippen molar-refractivity contribution in [2.45, 2.75) is 19.4 Å². The van der Waals surface area contributed by atoms with E-state index in [1.165, 1.54) is 0 Å². The fraction of sp³-hybridized carbons (Fsp3) is 0.273. The van der Waals surface area contributed by atoms with Gasteiger partial charge in [0, 0.05) is 28.1 Å². The van der Waals surface area contributed by atoms with E-state index in [1.54, 1.807) is 0 Å². The Morgan fingerprint density at radius 2 is 1.78 bits per heavy atom. The molecule has 0 radical (unpaired) electrons. The minimum Gasteiger partial charge on any atom is -0.359 e.